The van der Waals surface area contributed by atoms with E-state index in [1.165, 1.54) is 21.7 Å². The highest BCUT2D eigenvalue weighted by Gasteiger charge is 2.18. The fourth-order valence-corrected chi connectivity index (χ4v) is 4.82. The number of para-hydroxylation sites is 1. The topological polar surface area (TPSA) is 27.7 Å². The molecule has 0 fully saturated rings. The third kappa shape index (κ3) is 5.22. The lowest BCUT2D eigenvalue weighted by atomic mass is 10.1. The van der Waals surface area contributed by atoms with Gasteiger partial charge in [-0.25, -0.2) is 0 Å². The summed E-state index contributed by atoms with van der Waals surface area (Å²) in [6, 6.07) is 21.6. The van der Waals surface area contributed by atoms with Gasteiger partial charge in [0, 0.05) is 50.2 Å². The largest absolute Gasteiger partial charge is 0.485 e. The number of thiophene rings is 1. The second-order valence-corrected chi connectivity index (χ2v) is 8.90. The highest BCUT2D eigenvalue weighted by Crippen LogP contribution is 2.29. The molecule has 1 aromatic heterocycles. The number of hydrogen-bond acceptors (Lipinski definition) is 5. The minimum Gasteiger partial charge on any atom is -0.485 e. The van der Waals surface area contributed by atoms with E-state index in [-0.39, 0.29) is 6.10 Å². The fraction of sp³-hybridized carbons (Fsp3) is 0.360. The second kappa shape index (κ2) is 10.1. The van der Waals surface area contributed by atoms with Crippen LogP contribution in [0, 0.1) is 0 Å². The summed E-state index contributed by atoms with van der Waals surface area (Å²) in [4.78, 5) is 6.17. The van der Waals surface area contributed by atoms with Gasteiger partial charge in [-0.2, -0.15) is 0 Å². The minimum absolute atomic E-state index is 0.0893. The molecule has 1 aliphatic rings. The molecule has 1 N–H and O–H groups in total. The van der Waals surface area contributed by atoms with Gasteiger partial charge in [0.15, 0.2) is 0 Å². The van der Waals surface area contributed by atoms with Crippen molar-refractivity contribution in [1.82, 2.24) is 10.2 Å². The van der Waals surface area contributed by atoms with Crippen LogP contribution in [0.25, 0.3) is 0 Å². The van der Waals surface area contributed by atoms with Crippen molar-refractivity contribution in [3.63, 3.8) is 0 Å². The molecule has 2 heterocycles. The first kappa shape index (κ1) is 20.9. The normalized spacial score (nSPS) is 15.5. The molecule has 158 valence electrons. The SMILES string of the molecule is CNCCC(Oc1cccc(CN2CCN(C)c3ccccc3C2)c1)c1cccs1. The highest BCUT2D eigenvalue weighted by molar-refractivity contribution is 7.10. The Morgan fingerprint density at radius 3 is 2.80 bits per heavy atom. The maximum atomic E-state index is 6.43. The molecule has 30 heavy (non-hydrogen) atoms. The molecule has 0 saturated heterocycles. The summed E-state index contributed by atoms with van der Waals surface area (Å²) in [5.74, 6) is 0.953. The van der Waals surface area contributed by atoms with Gasteiger partial charge in [0.1, 0.15) is 11.9 Å². The molecule has 0 saturated carbocycles. The lowest BCUT2D eigenvalue weighted by Gasteiger charge is -2.22. The van der Waals surface area contributed by atoms with Gasteiger partial charge >= 0.3 is 0 Å². The van der Waals surface area contributed by atoms with E-state index < -0.39 is 0 Å². The van der Waals surface area contributed by atoms with Crippen LogP contribution in [-0.2, 0) is 13.1 Å². The van der Waals surface area contributed by atoms with E-state index >= 15 is 0 Å². The van der Waals surface area contributed by atoms with Crippen LogP contribution in [0.5, 0.6) is 5.75 Å². The zero-order valence-electron chi connectivity index (χ0n) is 17.9. The van der Waals surface area contributed by atoms with Crippen LogP contribution in [0.4, 0.5) is 5.69 Å². The van der Waals surface area contributed by atoms with Crippen molar-refractivity contribution in [3.8, 4) is 5.75 Å². The van der Waals surface area contributed by atoms with Crippen molar-refractivity contribution in [2.45, 2.75) is 25.6 Å². The van der Waals surface area contributed by atoms with Crippen molar-refractivity contribution in [3.05, 3.63) is 82.0 Å². The minimum atomic E-state index is 0.0893. The molecule has 0 radical (unpaired) electrons. The lowest BCUT2D eigenvalue weighted by molar-refractivity contribution is 0.198. The number of nitrogens with one attached hydrogen (secondary N) is 1. The van der Waals surface area contributed by atoms with Crippen molar-refractivity contribution in [2.75, 3.05) is 38.6 Å². The van der Waals surface area contributed by atoms with Crippen molar-refractivity contribution >= 4 is 17.0 Å². The Kier molecular flexibility index (Phi) is 7.05. The molecule has 0 bridgehead atoms. The Balaban J connectivity index is 1.45. The van der Waals surface area contributed by atoms with E-state index in [1.54, 1.807) is 11.3 Å². The number of nitrogens with zero attached hydrogens (tertiary/aromatic N) is 2. The van der Waals surface area contributed by atoms with Gasteiger partial charge in [-0.05, 0) is 54.4 Å². The first-order valence-electron chi connectivity index (χ1n) is 10.7. The molecule has 0 amide bonds. The second-order valence-electron chi connectivity index (χ2n) is 7.92. The number of rotatable bonds is 8. The van der Waals surface area contributed by atoms with E-state index in [1.807, 2.05) is 7.05 Å². The molecule has 2 aromatic carbocycles. The summed E-state index contributed by atoms with van der Waals surface area (Å²) in [5, 5.41) is 5.36. The standard InChI is InChI=1S/C25H31N3OS/c1-26-13-12-24(25-11-6-16-30-25)29-22-9-5-7-20(17-22)18-28-15-14-27(2)23-10-4-3-8-21(23)19-28/h3-11,16-17,24,26H,12-15,18-19H2,1-2H3. The van der Waals surface area contributed by atoms with Crippen LogP contribution >= 0.6 is 11.3 Å². The van der Waals surface area contributed by atoms with Crippen molar-refractivity contribution in [2.24, 2.45) is 0 Å². The molecule has 0 aliphatic carbocycles. The number of fused-ring (bicyclic) bond motifs is 1. The maximum Gasteiger partial charge on any atom is 0.134 e. The summed E-state index contributed by atoms with van der Waals surface area (Å²) in [6.07, 6.45) is 1.04. The molecule has 4 rings (SSSR count). The predicted octanol–water partition coefficient (Wildman–Crippen LogP) is 4.93. The van der Waals surface area contributed by atoms with Crippen molar-refractivity contribution < 1.29 is 4.74 Å². The number of hydrogen-bond donors (Lipinski definition) is 1. The van der Waals surface area contributed by atoms with Crippen LogP contribution in [0.2, 0.25) is 0 Å². The van der Waals surface area contributed by atoms with Crippen molar-refractivity contribution in [1.29, 1.82) is 0 Å². The number of likely N-dealkylation sites (N-methyl/N-ethyl adjacent to an activating group) is 1. The van der Waals surface area contributed by atoms with E-state index in [0.717, 1.165) is 44.9 Å². The van der Waals surface area contributed by atoms with Crippen LogP contribution in [0.1, 0.15) is 28.5 Å². The number of benzene rings is 2. The summed E-state index contributed by atoms with van der Waals surface area (Å²) in [6.45, 7) is 4.93. The number of ether oxygens (including phenoxy) is 1. The van der Waals surface area contributed by atoms with E-state index in [9.17, 15) is 0 Å². The molecule has 1 unspecified atom stereocenters. The van der Waals surface area contributed by atoms with Gasteiger partial charge in [-0.3, -0.25) is 4.90 Å². The smallest absolute Gasteiger partial charge is 0.134 e. The summed E-state index contributed by atoms with van der Waals surface area (Å²) in [5.41, 5.74) is 4.04. The zero-order valence-corrected chi connectivity index (χ0v) is 18.7. The Bertz CT molecular complexity index is 928. The first-order chi connectivity index (χ1) is 14.7. The van der Waals surface area contributed by atoms with E-state index in [0.29, 0.717) is 0 Å². The Morgan fingerprint density at radius 2 is 1.97 bits per heavy atom. The summed E-state index contributed by atoms with van der Waals surface area (Å²) in [7, 11) is 4.18. The average molecular weight is 422 g/mol. The van der Waals surface area contributed by atoms with Gasteiger partial charge < -0.3 is 15.0 Å². The lowest BCUT2D eigenvalue weighted by Crippen LogP contribution is -2.28. The third-order valence-corrected chi connectivity index (χ3v) is 6.61. The van der Waals surface area contributed by atoms with Gasteiger partial charge in [-0.15, -0.1) is 11.3 Å². The predicted molar refractivity (Wildman–Crippen MR) is 126 cm³/mol. The van der Waals surface area contributed by atoms with Crippen LogP contribution in [0.15, 0.2) is 66.0 Å². The fourth-order valence-electron chi connectivity index (χ4n) is 4.03. The summed E-state index contributed by atoms with van der Waals surface area (Å²) < 4.78 is 6.43. The van der Waals surface area contributed by atoms with Crippen LogP contribution in [-0.4, -0.2) is 38.6 Å². The molecule has 4 nitrogen and oxygen atoms in total. The Labute approximate surface area is 184 Å². The van der Waals surface area contributed by atoms with Gasteiger partial charge in [0.25, 0.3) is 0 Å². The zero-order chi connectivity index (χ0) is 20.8. The Hall–Kier alpha value is -2.34. The maximum absolute atomic E-state index is 6.43. The highest BCUT2D eigenvalue weighted by atomic mass is 32.1. The molecule has 1 aliphatic heterocycles. The molecular weight excluding hydrogens is 390 g/mol. The average Bonchev–Trinajstić information content (AvgIpc) is 3.25. The molecule has 5 heteroatoms. The summed E-state index contributed by atoms with van der Waals surface area (Å²) >= 11 is 1.76. The number of anilines is 1. The van der Waals surface area contributed by atoms with Crippen LogP contribution in [0.3, 0.4) is 0 Å². The molecule has 3 aromatic rings. The third-order valence-electron chi connectivity index (χ3n) is 5.65. The monoisotopic (exact) mass is 421 g/mol. The quantitative estimate of drug-likeness (QED) is 0.558. The molecule has 0 spiro atoms. The van der Waals surface area contributed by atoms with Gasteiger partial charge in [-0.1, -0.05) is 36.4 Å². The Morgan fingerprint density at radius 1 is 1.07 bits per heavy atom. The van der Waals surface area contributed by atoms with E-state index in [2.05, 4.69) is 88.2 Å². The van der Waals surface area contributed by atoms with E-state index in [4.69, 9.17) is 4.74 Å². The van der Waals surface area contributed by atoms with Gasteiger partial charge in [0.2, 0.25) is 0 Å². The van der Waals surface area contributed by atoms with Gasteiger partial charge in [0.05, 0.1) is 0 Å². The van der Waals surface area contributed by atoms with Crippen LogP contribution < -0.4 is 15.0 Å². The molecular formula is C25H31N3OS. The molecule has 1 atom stereocenters. The first-order valence-corrected chi connectivity index (χ1v) is 11.6.